The zero-order valence-electron chi connectivity index (χ0n) is 20.2. The van der Waals surface area contributed by atoms with Crippen LogP contribution in [0.2, 0.25) is 10.0 Å². The summed E-state index contributed by atoms with van der Waals surface area (Å²) < 4.78 is 7.98. The van der Waals surface area contributed by atoms with E-state index < -0.39 is 5.97 Å². The maximum atomic E-state index is 10.7. The maximum absolute atomic E-state index is 10.7. The molecule has 0 saturated carbocycles. The molecule has 0 bridgehead atoms. The van der Waals surface area contributed by atoms with E-state index in [1.165, 1.54) is 0 Å². The number of nitrogens with zero attached hydrogens (tertiary/aromatic N) is 2. The lowest BCUT2D eigenvalue weighted by atomic mass is 9.99. The predicted molar refractivity (Wildman–Crippen MR) is 145 cm³/mol. The molecule has 36 heavy (non-hydrogen) atoms. The Morgan fingerprint density at radius 3 is 2.39 bits per heavy atom. The molecule has 1 heterocycles. The van der Waals surface area contributed by atoms with Crippen LogP contribution < -0.4 is 4.74 Å². The van der Waals surface area contributed by atoms with Gasteiger partial charge in [0.2, 0.25) is 0 Å². The second-order valence-corrected chi connectivity index (χ2v) is 9.56. The first-order valence-corrected chi connectivity index (χ1v) is 12.3. The van der Waals surface area contributed by atoms with Crippen LogP contribution in [-0.4, -0.2) is 20.9 Å². The van der Waals surface area contributed by atoms with Gasteiger partial charge >= 0.3 is 5.97 Å². The summed E-state index contributed by atoms with van der Waals surface area (Å²) in [6.45, 7) is 6.56. The summed E-state index contributed by atoms with van der Waals surface area (Å²) in [5.41, 5.74) is 6.61. The number of rotatable bonds is 8. The highest BCUT2D eigenvalue weighted by molar-refractivity contribution is 6.37. The molecule has 0 aliphatic rings. The minimum absolute atomic E-state index is 0.246. The average molecular weight is 521 g/mol. The lowest BCUT2D eigenvalue weighted by molar-refractivity contribution is -0.131. The average Bonchev–Trinajstić information content (AvgIpc) is 3.25. The smallest absolute Gasteiger partial charge is 0.328 e. The molecule has 7 heteroatoms. The second-order valence-electron chi connectivity index (χ2n) is 8.74. The standard InChI is InChI=1S/C29H26Cl2N2O3/c1-18(2)24-16-32-33(29-25(30)5-4-6-26(29)31)27(24)17-36-22-12-13-23(19(3)15-22)21-10-7-20(8-11-21)9-14-28(34)35/h4-16,18H,17H2,1-3H3,(H,34,35)/b14-9+. The number of hydrogen-bond acceptors (Lipinski definition) is 3. The number of aliphatic carboxylic acids is 1. The first-order valence-electron chi connectivity index (χ1n) is 11.5. The van der Waals surface area contributed by atoms with Gasteiger partial charge in [0.25, 0.3) is 0 Å². The third-order valence-corrected chi connectivity index (χ3v) is 6.50. The van der Waals surface area contributed by atoms with Gasteiger partial charge in [-0.1, -0.05) is 73.4 Å². The Bertz CT molecular complexity index is 1400. The highest BCUT2D eigenvalue weighted by atomic mass is 35.5. The minimum atomic E-state index is -0.968. The van der Waals surface area contributed by atoms with Crippen molar-refractivity contribution in [3.63, 3.8) is 0 Å². The molecular weight excluding hydrogens is 495 g/mol. The number of hydrogen-bond donors (Lipinski definition) is 1. The van der Waals surface area contributed by atoms with Gasteiger partial charge in [0.1, 0.15) is 18.0 Å². The van der Waals surface area contributed by atoms with Crippen LogP contribution >= 0.6 is 23.2 Å². The predicted octanol–water partition coefficient (Wildman–Crippen LogP) is 7.95. The summed E-state index contributed by atoms with van der Waals surface area (Å²) in [5.74, 6) is 0.0186. The Morgan fingerprint density at radius 2 is 1.78 bits per heavy atom. The highest BCUT2D eigenvalue weighted by Gasteiger charge is 2.19. The van der Waals surface area contributed by atoms with E-state index in [2.05, 4.69) is 18.9 Å². The van der Waals surface area contributed by atoms with Crippen LogP contribution in [0.4, 0.5) is 0 Å². The molecule has 1 aromatic heterocycles. The fourth-order valence-electron chi connectivity index (χ4n) is 4.04. The summed E-state index contributed by atoms with van der Waals surface area (Å²) in [5, 5.41) is 14.4. The topological polar surface area (TPSA) is 64.4 Å². The third-order valence-electron chi connectivity index (χ3n) is 5.89. The number of aryl methyl sites for hydroxylation is 1. The number of halogens is 2. The second kappa shape index (κ2) is 11.0. The molecule has 184 valence electrons. The summed E-state index contributed by atoms with van der Waals surface area (Å²) in [7, 11) is 0. The van der Waals surface area contributed by atoms with Crippen molar-refractivity contribution in [2.45, 2.75) is 33.3 Å². The summed E-state index contributed by atoms with van der Waals surface area (Å²) in [6.07, 6.45) is 4.54. The van der Waals surface area contributed by atoms with E-state index in [-0.39, 0.29) is 5.92 Å². The largest absolute Gasteiger partial charge is 0.487 e. The SMILES string of the molecule is Cc1cc(OCc2c(C(C)C)cnn2-c2c(Cl)cccc2Cl)ccc1-c1ccc(/C=C/C(=O)O)cc1. The monoisotopic (exact) mass is 520 g/mol. The Hall–Kier alpha value is -3.54. The number of carboxylic acids is 1. The van der Waals surface area contributed by atoms with Gasteiger partial charge in [0.05, 0.1) is 21.9 Å². The van der Waals surface area contributed by atoms with Crippen molar-refractivity contribution in [3.8, 4) is 22.6 Å². The lowest BCUT2D eigenvalue weighted by Crippen LogP contribution is -2.09. The molecular formula is C29H26Cl2N2O3. The lowest BCUT2D eigenvalue weighted by Gasteiger charge is -2.15. The van der Waals surface area contributed by atoms with Gasteiger partial charge in [-0.25, -0.2) is 9.48 Å². The van der Waals surface area contributed by atoms with Gasteiger partial charge in [-0.2, -0.15) is 5.10 Å². The van der Waals surface area contributed by atoms with Gasteiger partial charge in [0.15, 0.2) is 0 Å². The Balaban J connectivity index is 1.57. The minimum Gasteiger partial charge on any atom is -0.487 e. The molecule has 0 aliphatic heterocycles. The van der Waals surface area contributed by atoms with Gasteiger partial charge in [-0.05, 0) is 71.0 Å². The van der Waals surface area contributed by atoms with Crippen molar-refractivity contribution >= 4 is 35.2 Å². The van der Waals surface area contributed by atoms with E-state index in [4.69, 9.17) is 33.0 Å². The summed E-state index contributed by atoms with van der Waals surface area (Å²) in [6, 6.07) is 19.1. The van der Waals surface area contributed by atoms with Crippen molar-refractivity contribution in [1.29, 1.82) is 0 Å². The van der Waals surface area contributed by atoms with Crippen molar-refractivity contribution < 1.29 is 14.6 Å². The first-order chi connectivity index (χ1) is 17.2. The number of aromatic nitrogens is 2. The van der Waals surface area contributed by atoms with Crippen molar-refractivity contribution in [3.05, 3.63) is 105 Å². The van der Waals surface area contributed by atoms with E-state index in [1.807, 2.05) is 61.7 Å². The maximum Gasteiger partial charge on any atom is 0.328 e. The van der Waals surface area contributed by atoms with E-state index in [1.54, 1.807) is 22.9 Å². The molecule has 0 unspecified atom stereocenters. The molecule has 0 fully saturated rings. The van der Waals surface area contributed by atoms with Gasteiger partial charge in [-0.3, -0.25) is 0 Å². The molecule has 0 atom stereocenters. The third kappa shape index (κ3) is 5.64. The number of ether oxygens (including phenoxy) is 1. The van der Waals surface area contributed by atoms with Crippen LogP contribution in [0.15, 0.2) is 72.9 Å². The van der Waals surface area contributed by atoms with Crippen LogP contribution in [0.5, 0.6) is 5.75 Å². The van der Waals surface area contributed by atoms with Crippen molar-refractivity contribution in [2.75, 3.05) is 0 Å². The Kier molecular flexibility index (Phi) is 7.82. The van der Waals surface area contributed by atoms with Crippen LogP contribution in [0.25, 0.3) is 22.9 Å². The van der Waals surface area contributed by atoms with E-state index in [9.17, 15) is 4.79 Å². The Morgan fingerprint density at radius 1 is 1.08 bits per heavy atom. The number of carbonyl (C=O) groups is 1. The number of benzene rings is 3. The van der Waals surface area contributed by atoms with Gasteiger partial charge in [-0.15, -0.1) is 0 Å². The van der Waals surface area contributed by atoms with E-state index in [0.29, 0.717) is 22.3 Å². The molecule has 4 rings (SSSR count). The quantitative estimate of drug-likeness (QED) is 0.239. The molecule has 5 nitrogen and oxygen atoms in total. The van der Waals surface area contributed by atoms with E-state index in [0.717, 1.165) is 45.3 Å². The molecule has 0 radical (unpaired) electrons. The van der Waals surface area contributed by atoms with Crippen LogP contribution in [0.1, 0.15) is 42.1 Å². The zero-order valence-corrected chi connectivity index (χ0v) is 21.7. The molecule has 0 saturated heterocycles. The first kappa shape index (κ1) is 25.5. The molecule has 3 aromatic carbocycles. The van der Waals surface area contributed by atoms with E-state index >= 15 is 0 Å². The fraction of sp³-hybridized carbons (Fsp3) is 0.172. The zero-order chi connectivity index (χ0) is 25.8. The van der Waals surface area contributed by atoms with Crippen molar-refractivity contribution in [2.24, 2.45) is 0 Å². The normalized spacial score (nSPS) is 11.4. The molecule has 4 aromatic rings. The van der Waals surface area contributed by atoms with Crippen LogP contribution in [-0.2, 0) is 11.4 Å². The highest BCUT2D eigenvalue weighted by Crippen LogP contribution is 2.33. The molecule has 0 spiro atoms. The summed E-state index contributed by atoms with van der Waals surface area (Å²) in [4.78, 5) is 10.7. The van der Waals surface area contributed by atoms with Crippen LogP contribution in [0, 0.1) is 6.92 Å². The van der Waals surface area contributed by atoms with Gasteiger partial charge < -0.3 is 9.84 Å². The molecule has 1 N–H and O–H groups in total. The number of carboxylic acid groups (broad SMARTS) is 1. The number of para-hydroxylation sites is 1. The molecule has 0 aliphatic carbocycles. The van der Waals surface area contributed by atoms with Crippen molar-refractivity contribution in [1.82, 2.24) is 9.78 Å². The molecule has 0 amide bonds. The van der Waals surface area contributed by atoms with Crippen LogP contribution in [0.3, 0.4) is 0 Å². The Labute approximate surface area is 220 Å². The summed E-state index contributed by atoms with van der Waals surface area (Å²) >= 11 is 12.9. The fourth-order valence-corrected chi connectivity index (χ4v) is 4.60. The van der Waals surface area contributed by atoms with Gasteiger partial charge in [0, 0.05) is 6.08 Å².